The Morgan fingerprint density at radius 2 is 1.91 bits per heavy atom. The van der Waals surface area contributed by atoms with Crippen LogP contribution in [0.2, 0.25) is 0 Å². The molecule has 3 rings (SSSR count). The maximum atomic E-state index is 14.7. The number of ether oxygens (including phenoxy) is 1. The highest BCUT2D eigenvalue weighted by Crippen LogP contribution is 2.49. The molecule has 0 unspecified atom stereocenters. The normalized spacial score (nSPS) is 15.6. The Labute approximate surface area is 200 Å². The van der Waals surface area contributed by atoms with E-state index in [0.29, 0.717) is 9.64 Å². The van der Waals surface area contributed by atoms with E-state index in [4.69, 9.17) is 4.74 Å². The summed E-state index contributed by atoms with van der Waals surface area (Å²) in [5, 5.41) is 22.9. The number of nitro groups is 1. The Morgan fingerprint density at radius 3 is 2.45 bits per heavy atom. The van der Waals surface area contributed by atoms with Gasteiger partial charge in [0.2, 0.25) is 16.6 Å². The highest BCUT2D eigenvalue weighted by molar-refractivity contribution is 14.1. The lowest BCUT2D eigenvalue weighted by atomic mass is 10.2. The van der Waals surface area contributed by atoms with Crippen LogP contribution < -0.4 is 14.8 Å². The number of hydrogen-bond donors (Lipinski definition) is 3. The number of rotatable bonds is 10. The van der Waals surface area contributed by atoms with Crippen LogP contribution in [0.15, 0.2) is 24.3 Å². The van der Waals surface area contributed by atoms with E-state index in [-0.39, 0.29) is 24.3 Å². The molecular weight excluding hydrogens is 582 g/mol. The first-order chi connectivity index (χ1) is 15.4. The van der Waals surface area contributed by atoms with E-state index in [9.17, 15) is 36.8 Å². The largest absolute Gasteiger partial charge is 0.494 e. The molecule has 0 heterocycles. The van der Waals surface area contributed by atoms with Crippen LogP contribution in [0.3, 0.4) is 0 Å². The molecule has 1 aliphatic rings. The number of hydrogen-bond acceptors (Lipinski definition) is 7. The molecule has 0 bridgehead atoms. The molecule has 1 atom stereocenters. The van der Waals surface area contributed by atoms with E-state index in [1.807, 2.05) is 22.6 Å². The predicted octanol–water partition coefficient (Wildman–Crippen LogP) is 3.76. The Kier molecular flexibility index (Phi) is 7.28. The van der Waals surface area contributed by atoms with Gasteiger partial charge < -0.3 is 15.2 Å². The van der Waals surface area contributed by atoms with Gasteiger partial charge in [-0.15, -0.1) is 0 Å². The van der Waals surface area contributed by atoms with Crippen LogP contribution in [0.25, 0.3) is 0 Å². The van der Waals surface area contributed by atoms with Gasteiger partial charge >= 0.3 is 0 Å². The monoisotopic (exact) mass is 601 g/mol. The summed E-state index contributed by atoms with van der Waals surface area (Å²) in [4.78, 5) is 9.86. The minimum absolute atomic E-state index is 0.0949. The lowest BCUT2D eigenvalue weighted by molar-refractivity contribution is -0.490. The van der Waals surface area contributed by atoms with Crippen LogP contribution >= 0.6 is 22.6 Å². The van der Waals surface area contributed by atoms with Gasteiger partial charge in [0.25, 0.3) is 0 Å². The van der Waals surface area contributed by atoms with Crippen LogP contribution in [-0.2, 0) is 10.0 Å². The molecule has 0 radical (unpaired) electrons. The van der Waals surface area contributed by atoms with Gasteiger partial charge in [-0.25, -0.2) is 21.6 Å². The number of aliphatic hydroxyl groups excluding tert-OH is 1. The second-order valence-corrected chi connectivity index (χ2v) is 10.9. The average molecular weight is 601 g/mol. The quantitative estimate of drug-likeness (QED) is 0.215. The molecule has 14 heteroatoms. The second kappa shape index (κ2) is 9.50. The molecule has 1 saturated carbocycles. The fourth-order valence-corrected chi connectivity index (χ4v) is 5.53. The maximum absolute atomic E-state index is 14.7. The zero-order chi connectivity index (χ0) is 24.6. The number of aliphatic hydroxyl groups is 1. The van der Waals surface area contributed by atoms with E-state index in [2.05, 4.69) is 10.0 Å². The summed E-state index contributed by atoms with van der Waals surface area (Å²) in [6.45, 7) is -0.843. The van der Waals surface area contributed by atoms with Crippen LogP contribution in [0.1, 0.15) is 19.3 Å². The minimum Gasteiger partial charge on any atom is -0.494 e. The van der Waals surface area contributed by atoms with Crippen LogP contribution in [0, 0.1) is 31.1 Å². The topological polar surface area (TPSA) is 131 Å². The average Bonchev–Trinajstić information content (AvgIpc) is 3.49. The van der Waals surface area contributed by atoms with E-state index < -0.39 is 67.6 Å². The molecule has 1 aliphatic carbocycles. The molecule has 9 nitrogen and oxygen atoms in total. The van der Waals surface area contributed by atoms with Crippen molar-refractivity contribution in [3.05, 3.63) is 55.4 Å². The predicted molar refractivity (Wildman–Crippen MR) is 122 cm³/mol. The summed E-state index contributed by atoms with van der Waals surface area (Å²) in [5.74, 6) is -4.03. The number of anilines is 3. The highest BCUT2D eigenvalue weighted by atomic mass is 127. The standard InChI is InChI=1S/C19H19F3IN3O6S/c1-32-15-7-13(21)16(22)18(24-14-3-2-10(23)6-12(14)20)17(15)25-33(30,31)19(4-5-19)8-11(27)9-26(28)29/h2-3,6-7,11,24-25,27H,4-5,8-9H2,1H3/t11-/m0/s1. The number of methoxy groups -OCH3 is 1. The number of sulfonamides is 1. The highest BCUT2D eigenvalue weighted by Gasteiger charge is 2.56. The van der Waals surface area contributed by atoms with E-state index in [1.54, 1.807) is 0 Å². The molecule has 2 aromatic carbocycles. The van der Waals surface area contributed by atoms with Crippen molar-refractivity contribution in [2.75, 3.05) is 23.7 Å². The Bertz CT molecular complexity index is 1190. The molecule has 0 aliphatic heterocycles. The van der Waals surface area contributed by atoms with Gasteiger partial charge in [0.1, 0.15) is 29.0 Å². The second-order valence-electron chi connectivity index (χ2n) is 7.54. The molecule has 0 spiro atoms. The first-order valence-electron chi connectivity index (χ1n) is 9.49. The van der Waals surface area contributed by atoms with Crippen molar-refractivity contribution in [2.45, 2.75) is 30.1 Å². The lowest BCUT2D eigenvalue weighted by Gasteiger charge is -2.23. The summed E-state index contributed by atoms with van der Waals surface area (Å²) >= 11 is 1.86. The molecule has 3 N–H and O–H groups in total. The van der Waals surface area contributed by atoms with Gasteiger partial charge in [-0.05, 0) is 53.6 Å². The van der Waals surface area contributed by atoms with Gasteiger partial charge in [-0.3, -0.25) is 14.8 Å². The van der Waals surface area contributed by atoms with E-state index >= 15 is 0 Å². The van der Waals surface area contributed by atoms with E-state index in [0.717, 1.165) is 13.2 Å². The maximum Gasteiger partial charge on any atom is 0.238 e. The summed E-state index contributed by atoms with van der Waals surface area (Å²) in [6.07, 6.45) is -1.76. The smallest absolute Gasteiger partial charge is 0.238 e. The van der Waals surface area contributed by atoms with Crippen molar-refractivity contribution in [1.82, 2.24) is 0 Å². The first-order valence-corrected chi connectivity index (χ1v) is 12.1. The van der Waals surface area contributed by atoms with Crippen molar-refractivity contribution in [3.8, 4) is 5.75 Å². The number of benzene rings is 2. The molecule has 180 valence electrons. The van der Waals surface area contributed by atoms with Crippen molar-refractivity contribution in [1.29, 1.82) is 0 Å². The van der Waals surface area contributed by atoms with Crippen LogP contribution in [0.4, 0.5) is 30.2 Å². The fraction of sp³-hybridized carbons (Fsp3) is 0.368. The van der Waals surface area contributed by atoms with Crippen LogP contribution in [0.5, 0.6) is 5.75 Å². The van der Waals surface area contributed by atoms with Crippen molar-refractivity contribution in [3.63, 3.8) is 0 Å². The SMILES string of the molecule is COc1cc(F)c(F)c(Nc2ccc(I)cc2F)c1NS(=O)(=O)C1(C[C@H](O)C[N+](=O)[O-])CC1. The fourth-order valence-electron chi connectivity index (χ4n) is 3.34. The summed E-state index contributed by atoms with van der Waals surface area (Å²) < 4.78 is 75.7. The summed E-state index contributed by atoms with van der Waals surface area (Å²) in [6, 6.07) is 4.53. The van der Waals surface area contributed by atoms with Crippen molar-refractivity contribution >= 4 is 49.7 Å². The Balaban J connectivity index is 2.01. The third-order valence-corrected chi connectivity index (χ3v) is 8.03. The number of nitrogens with one attached hydrogen (secondary N) is 2. The Hall–Kier alpha value is -2.33. The van der Waals surface area contributed by atoms with E-state index in [1.165, 1.54) is 12.1 Å². The molecule has 0 saturated heterocycles. The molecule has 0 aromatic heterocycles. The number of nitrogens with zero attached hydrogens (tertiary/aromatic N) is 1. The summed E-state index contributed by atoms with van der Waals surface area (Å²) in [5.41, 5.74) is -1.47. The minimum atomic E-state index is -4.36. The molecule has 2 aromatic rings. The summed E-state index contributed by atoms with van der Waals surface area (Å²) in [7, 11) is -3.26. The Morgan fingerprint density at radius 1 is 1.24 bits per heavy atom. The zero-order valence-electron chi connectivity index (χ0n) is 17.1. The van der Waals surface area contributed by atoms with Crippen LogP contribution in [-0.4, -0.2) is 43.0 Å². The number of halogens is 4. The molecule has 1 fully saturated rings. The van der Waals surface area contributed by atoms with Gasteiger partial charge in [-0.2, -0.15) is 0 Å². The van der Waals surface area contributed by atoms with Gasteiger partial charge in [0, 0.05) is 21.0 Å². The zero-order valence-corrected chi connectivity index (χ0v) is 20.0. The molecule has 33 heavy (non-hydrogen) atoms. The van der Waals surface area contributed by atoms with Crippen molar-refractivity contribution < 1.29 is 36.4 Å². The molecule has 0 amide bonds. The third kappa shape index (κ3) is 5.43. The van der Waals surface area contributed by atoms with Crippen molar-refractivity contribution in [2.24, 2.45) is 0 Å². The lowest BCUT2D eigenvalue weighted by Crippen LogP contribution is -2.35. The first kappa shape index (κ1) is 25.3. The molecular formula is C19H19F3IN3O6S. The van der Waals surface area contributed by atoms with Gasteiger partial charge in [0.05, 0.1) is 17.5 Å². The van der Waals surface area contributed by atoms with Gasteiger partial charge in [0.15, 0.2) is 11.6 Å². The third-order valence-electron chi connectivity index (χ3n) is 5.18. The van der Waals surface area contributed by atoms with Gasteiger partial charge in [-0.1, -0.05) is 0 Å².